The Hall–Kier alpha value is -0.570. The second kappa shape index (κ2) is 6.11. The normalized spacial score (nSPS) is 20.5. The Morgan fingerprint density at radius 2 is 1.93 bits per heavy atom. The molecule has 3 nitrogen and oxygen atoms in total. The summed E-state index contributed by atoms with van der Waals surface area (Å²) in [6.07, 6.45) is 8.53. The molecule has 1 N–H and O–H groups in total. The van der Waals surface area contributed by atoms with Crippen LogP contribution in [0, 0.1) is 5.92 Å². The Morgan fingerprint density at radius 1 is 1.33 bits per heavy atom. The average molecular weight is 213 g/mol. The lowest BCUT2D eigenvalue weighted by atomic mass is 9.85. The Bertz CT molecular complexity index is 198. The standard InChI is InChI=1S/C12H23NO2/c1-13(2)11(12(14)15)9-8-10-6-4-3-5-7-10/h10-11H,3-9H2,1-2H3,(H,14,15). The topological polar surface area (TPSA) is 40.5 Å². The lowest BCUT2D eigenvalue weighted by molar-refractivity contribution is -0.142. The number of likely N-dealkylation sites (N-methyl/N-ethyl adjacent to an activating group) is 1. The van der Waals surface area contributed by atoms with Gasteiger partial charge in [0.25, 0.3) is 0 Å². The van der Waals surface area contributed by atoms with Crippen LogP contribution in [0.5, 0.6) is 0 Å². The largest absolute Gasteiger partial charge is 0.480 e. The molecule has 0 heterocycles. The molecule has 0 saturated heterocycles. The molecule has 0 aromatic rings. The molecule has 1 atom stereocenters. The van der Waals surface area contributed by atoms with Gasteiger partial charge in [0, 0.05) is 0 Å². The quantitative estimate of drug-likeness (QED) is 0.762. The fourth-order valence-corrected chi connectivity index (χ4v) is 2.47. The van der Waals surface area contributed by atoms with E-state index in [1.807, 2.05) is 19.0 Å². The van der Waals surface area contributed by atoms with E-state index in [9.17, 15) is 4.79 Å². The van der Waals surface area contributed by atoms with Crippen LogP contribution in [0.4, 0.5) is 0 Å². The van der Waals surface area contributed by atoms with Crippen LogP contribution in [-0.4, -0.2) is 36.1 Å². The van der Waals surface area contributed by atoms with Gasteiger partial charge in [-0.2, -0.15) is 0 Å². The SMILES string of the molecule is CN(C)C(CCC1CCCCC1)C(=O)O. The Kier molecular flexibility index (Phi) is 5.09. The van der Waals surface area contributed by atoms with E-state index in [2.05, 4.69) is 0 Å². The van der Waals surface area contributed by atoms with Crippen molar-refractivity contribution in [3.05, 3.63) is 0 Å². The molecule has 15 heavy (non-hydrogen) atoms. The van der Waals surface area contributed by atoms with E-state index in [1.165, 1.54) is 32.1 Å². The van der Waals surface area contributed by atoms with Gasteiger partial charge in [-0.3, -0.25) is 9.69 Å². The summed E-state index contributed by atoms with van der Waals surface area (Å²) in [4.78, 5) is 12.8. The first-order valence-corrected chi connectivity index (χ1v) is 6.00. The molecule has 0 bridgehead atoms. The number of carboxylic acid groups (broad SMARTS) is 1. The van der Waals surface area contributed by atoms with Crippen molar-refractivity contribution in [3.63, 3.8) is 0 Å². The van der Waals surface area contributed by atoms with Crippen LogP contribution in [0.3, 0.4) is 0 Å². The Labute approximate surface area is 92.5 Å². The third-order valence-corrected chi connectivity index (χ3v) is 3.48. The van der Waals surface area contributed by atoms with Crippen LogP contribution >= 0.6 is 0 Å². The molecule has 0 aromatic heterocycles. The first-order chi connectivity index (χ1) is 7.11. The monoisotopic (exact) mass is 213 g/mol. The first-order valence-electron chi connectivity index (χ1n) is 6.00. The van der Waals surface area contributed by atoms with Gasteiger partial charge in [0.2, 0.25) is 0 Å². The van der Waals surface area contributed by atoms with Crippen LogP contribution < -0.4 is 0 Å². The predicted molar refractivity (Wildman–Crippen MR) is 60.9 cm³/mol. The van der Waals surface area contributed by atoms with Crippen molar-refractivity contribution in [3.8, 4) is 0 Å². The summed E-state index contributed by atoms with van der Waals surface area (Å²) in [6, 6.07) is -0.299. The van der Waals surface area contributed by atoms with Crippen molar-refractivity contribution >= 4 is 5.97 Å². The number of rotatable bonds is 5. The number of hydrogen-bond acceptors (Lipinski definition) is 2. The minimum Gasteiger partial charge on any atom is -0.480 e. The second-order valence-corrected chi connectivity index (χ2v) is 4.90. The summed E-state index contributed by atoms with van der Waals surface area (Å²) in [7, 11) is 3.69. The molecule has 1 rings (SSSR count). The molecule has 1 saturated carbocycles. The Balaban J connectivity index is 2.29. The van der Waals surface area contributed by atoms with Crippen LogP contribution in [0.25, 0.3) is 0 Å². The van der Waals surface area contributed by atoms with Crippen LogP contribution in [0.15, 0.2) is 0 Å². The van der Waals surface area contributed by atoms with Crippen LogP contribution in [0.2, 0.25) is 0 Å². The highest BCUT2D eigenvalue weighted by molar-refractivity contribution is 5.73. The molecular formula is C12H23NO2. The molecule has 0 radical (unpaired) electrons. The van der Waals surface area contributed by atoms with Crippen molar-refractivity contribution in [2.75, 3.05) is 14.1 Å². The predicted octanol–water partition coefficient (Wildman–Crippen LogP) is 2.36. The molecule has 3 heteroatoms. The van der Waals surface area contributed by atoms with Crippen molar-refractivity contribution in [2.45, 2.75) is 51.0 Å². The van der Waals surface area contributed by atoms with Gasteiger partial charge in [0.05, 0.1) is 0 Å². The molecule has 1 fully saturated rings. The molecule has 0 aliphatic heterocycles. The highest BCUT2D eigenvalue weighted by Gasteiger charge is 2.22. The number of aliphatic carboxylic acids is 1. The number of carboxylic acids is 1. The molecule has 1 aliphatic rings. The molecule has 1 unspecified atom stereocenters. The van der Waals surface area contributed by atoms with Gasteiger partial charge in [-0.1, -0.05) is 32.1 Å². The number of nitrogens with zero attached hydrogens (tertiary/aromatic N) is 1. The number of carbonyl (C=O) groups is 1. The summed E-state index contributed by atoms with van der Waals surface area (Å²) in [5.74, 6) is 0.0939. The van der Waals surface area contributed by atoms with E-state index >= 15 is 0 Å². The van der Waals surface area contributed by atoms with E-state index in [-0.39, 0.29) is 6.04 Å². The molecular weight excluding hydrogens is 190 g/mol. The highest BCUT2D eigenvalue weighted by Crippen LogP contribution is 2.28. The molecule has 1 aliphatic carbocycles. The zero-order valence-electron chi connectivity index (χ0n) is 9.91. The fourth-order valence-electron chi connectivity index (χ4n) is 2.47. The minimum atomic E-state index is -0.684. The van der Waals surface area contributed by atoms with Crippen molar-refractivity contribution < 1.29 is 9.90 Å². The van der Waals surface area contributed by atoms with Gasteiger partial charge in [-0.15, -0.1) is 0 Å². The zero-order valence-corrected chi connectivity index (χ0v) is 9.91. The van der Waals surface area contributed by atoms with Gasteiger partial charge in [0.1, 0.15) is 6.04 Å². The first kappa shape index (κ1) is 12.5. The van der Waals surface area contributed by atoms with E-state index in [4.69, 9.17) is 5.11 Å². The minimum absolute atomic E-state index is 0.299. The molecule has 88 valence electrons. The van der Waals surface area contributed by atoms with Crippen molar-refractivity contribution in [1.82, 2.24) is 4.90 Å². The maximum atomic E-state index is 11.0. The summed E-state index contributed by atoms with van der Waals surface area (Å²) in [5, 5.41) is 9.03. The zero-order chi connectivity index (χ0) is 11.3. The maximum Gasteiger partial charge on any atom is 0.320 e. The molecule has 0 amide bonds. The summed E-state index contributed by atoms with van der Waals surface area (Å²) in [5.41, 5.74) is 0. The van der Waals surface area contributed by atoms with Gasteiger partial charge < -0.3 is 5.11 Å². The molecule has 0 spiro atoms. The van der Waals surface area contributed by atoms with Gasteiger partial charge in [0.15, 0.2) is 0 Å². The second-order valence-electron chi connectivity index (χ2n) is 4.90. The van der Waals surface area contributed by atoms with Crippen molar-refractivity contribution in [2.24, 2.45) is 5.92 Å². The third kappa shape index (κ3) is 4.20. The van der Waals surface area contributed by atoms with Crippen LogP contribution in [-0.2, 0) is 4.79 Å². The smallest absolute Gasteiger partial charge is 0.320 e. The number of hydrogen-bond donors (Lipinski definition) is 1. The van der Waals surface area contributed by atoms with E-state index in [1.54, 1.807) is 0 Å². The van der Waals surface area contributed by atoms with Gasteiger partial charge >= 0.3 is 5.97 Å². The van der Waals surface area contributed by atoms with Gasteiger partial charge in [-0.25, -0.2) is 0 Å². The van der Waals surface area contributed by atoms with E-state index in [0.29, 0.717) is 0 Å². The third-order valence-electron chi connectivity index (χ3n) is 3.48. The fraction of sp³-hybridized carbons (Fsp3) is 0.917. The maximum absolute atomic E-state index is 11.0. The molecule has 0 aromatic carbocycles. The average Bonchev–Trinajstić information content (AvgIpc) is 2.18. The van der Waals surface area contributed by atoms with E-state index < -0.39 is 5.97 Å². The van der Waals surface area contributed by atoms with Crippen LogP contribution in [0.1, 0.15) is 44.9 Å². The Morgan fingerprint density at radius 3 is 2.40 bits per heavy atom. The summed E-state index contributed by atoms with van der Waals surface area (Å²) in [6.45, 7) is 0. The van der Waals surface area contributed by atoms with Gasteiger partial charge in [-0.05, 0) is 32.9 Å². The highest BCUT2D eigenvalue weighted by atomic mass is 16.4. The lowest BCUT2D eigenvalue weighted by Gasteiger charge is -2.25. The summed E-state index contributed by atoms with van der Waals surface area (Å²) < 4.78 is 0. The van der Waals surface area contributed by atoms with Crippen molar-refractivity contribution in [1.29, 1.82) is 0 Å². The summed E-state index contributed by atoms with van der Waals surface area (Å²) >= 11 is 0. The lowest BCUT2D eigenvalue weighted by Crippen LogP contribution is -2.36. The van der Waals surface area contributed by atoms with E-state index in [0.717, 1.165) is 18.8 Å².